The van der Waals surface area contributed by atoms with E-state index in [9.17, 15) is 4.79 Å². The van der Waals surface area contributed by atoms with E-state index in [1.165, 1.54) is 6.20 Å². The van der Waals surface area contributed by atoms with Crippen molar-refractivity contribution in [3.05, 3.63) is 29.2 Å². The normalized spacial score (nSPS) is 10.8. The van der Waals surface area contributed by atoms with E-state index in [1.807, 2.05) is 24.6 Å². The van der Waals surface area contributed by atoms with Gasteiger partial charge in [-0.25, -0.2) is 0 Å². The molecule has 6 nitrogen and oxygen atoms in total. The van der Waals surface area contributed by atoms with Gasteiger partial charge in [-0.1, -0.05) is 6.92 Å². The van der Waals surface area contributed by atoms with Gasteiger partial charge in [0.15, 0.2) is 5.78 Å². The van der Waals surface area contributed by atoms with E-state index in [4.69, 9.17) is 5.73 Å². The van der Waals surface area contributed by atoms with Gasteiger partial charge in [-0.2, -0.15) is 10.2 Å². The second-order valence-corrected chi connectivity index (χ2v) is 4.09. The molecule has 0 unspecified atom stereocenters. The zero-order chi connectivity index (χ0) is 13.1. The molecule has 0 aliphatic heterocycles. The van der Waals surface area contributed by atoms with Crippen molar-refractivity contribution in [2.45, 2.75) is 33.2 Å². The Balaban J connectivity index is 2.21. The second kappa shape index (κ2) is 5.03. The van der Waals surface area contributed by atoms with Gasteiger partial charge in [0.25, 0.3) is 0 Å². The summed E-state index contributed by atoms with van der Waals surface area (Å²) < 4.78 is 1.85. The Hall–Kier alpha value is -2.11. The van der Waals surface area contributed by atoms with Crippen molar-refractivity contribution in [3.63, 3.8) is 0 Å². The third-order valence-electron chi connectivity index (χ3n) is 2.89. The molecule has 0 amide bonds. The van der Waals surface area contributed by atoms with Crippen LogP contribution in [0.2, 0.25) is 0 Å². The second-order valence-electron chi connectivity index (χ2n) is 4.09. The summed E-state index contributed by atoms with van der Waals surface area (Å²) in [7, 11) is 0. The molecule has 0 bridgehead atoms. The van der Waals surface area contributed by atoms with Crippen molar-refractivity contribution in [2.24, 2.45) is 0 Å². The number of hydrogen-bond donors (Lipinski definition) is 2. The largest absolute Gasteiger partial charge is 0.383 e. The Labute approximate surface area is 105 Å². The quantitative estimate of drug-likeness (QED) is 0.777. The van der Waals surface area contributed by atoms with Crippen molar-refractivity contribution < 1.29 is 4.79 Å². The topological polar surface area (TPSA) is 89.6 Å². The molecule has 0 saturated heterocycles. The summed E-state index contributed by atoms with van der Waals surface area (Å²) in [6.07, 6.45) is 2.62. The summed E-state index contributed by atoms with van der Waals surface area (Å²) in [5.74, 6) is 0.275. The number of nitrogens with two attached hydrogens (primary N) is 1. The first kappa shape index (κ1) is 12.3. The summed E-state index contributed by atoms with van der Waals surface area (Å²) in [6, 6.07) is 1.97. The molecule has 2 heterocycles. The van der Waals surface area contributed by atoms with Gasteiger partial charge in [-0.15, -0.1) is 0 Å². The first-order chi connectivity index (χ1) is 8.65. The molecule has 0 radical (unpaired) electrons. The van der Waals surface area contributed by atoms with Crippen LogP contribution in [0.25, 0.3) is 0 Å². The van der Waals surface area contributed by atoms with Crippen molar-refractivity contribution in [1.29, 1.82) is 0 Å². The molecule has 2 rings (SSSR count). The number of carbonyl (C=O) groups is 1. The standard InChI is InChI=1S/C12H17N5O/c1-3-8-5-9(17(4-2)16-8)6-11(18)10-7-14-15-12(10)13/h5,7H,3-4,6H2,1-2H3,(H3,13,14,15). The molecule has 0 atom stereocenters. The first-order valence-corrected chi connectivity index (χ1v) is 6.03. The Kier molecular flexibility index (Phi) is 3.45. The van der Waals surface area contributed by atoms with Gasteiger partial charge in [0.05, 0.1) is 23.9 Å². The molecule has 6 heteroatoms. The van der Waals surface area contributed by atoms with Crippen LogP contribution in [0.15, 0.2) is 12.3 Å². The van der Waals surface area contributed by atoms with E-state index in [0.717, 1.165) is 24.4 Å². The van der Waals surface area contributed by atoms with Gasteiger partial charge in [-0.3, -0.25) is 14.6 Å². The molecule has 0 spiro atoms. The van der Waals surface area contributed by atoms with Gasteiger partial charge in [0.1, 0.15) is 5.82 Å². The molecular formula is C12H17N5O. The number of nitrogens with one attached hydrogen (secondary N) is 1. The fraction of sp³-hybridized carbons (Fsp3) is 0.417. The number of ketones is 1. The highest BCUT2D eigenvalue weighted by atomic mass is 16.1. The summed E-state index contributed by atoms with van der Waals surface area (Å²) in [5, 5.41) is 10.7. The molecule has 0 aliphatic carbocycles. The van der Waals surface area contributed by atoms with Crippen LogP contribution in [0.1, 0.15) is 35.6 Å². The fourth-order valence-corrected chi connectivity index (χ4v) is 1.88. The lowest BCUT2D eigenvalue weighted by Crippen LogP contribution is -2.10. The van der Waals surface area contributed by atoms with E-state index >= 15 is 0 Å². The molecule has 0 saturated carbocycles. The Bertz CT molecular complexity index is 555. The molecule has 2 aromatic heterocycles. The maximum absolute atomic E-state index is 12.1. The number of carbonyl (C=O) groups excluding carboxylic acids is 1. The molecule has 18 heavy (non-hydrogen) atoms. The lowest BCUT2D eigenvalue weighted by molar-refractivity contribution is 0.0991. The van der Waals surface area contributed by atoms with Gasteiger partial charge >= 0.3 is 0 Å². The molecule has 0 aromatic carbocycles. The summed E-state index contributed by atoms with van der Waals surface area (Å²) in [4.78, 5) is 12.1. The Morgan fingerprint density at radius 3 is 2.83 bits per heavy atom. The van der Waals surface area contributed by atoms with Gasteiger partial charge in [0, 0.05) is 12.2 Å². The van der Waals surface area contributed by atoms with E-state index in [-0.39, 0.29) is 5.78 Å². The smallest absolute Gasteiger partial charge is 0.174 e. The number of aromatic amines is 1. The molecule has 0 aliphatic rings. The fourth-order valence-electron chi connectivity index (χ4n) is 1.88. The zero-order valence-corrected chi connectivity index (χ0v) is 10.6. The first-order valence-electron chi connectivity index (χ1n) is 6.03. The van der Waals surface area contributed by atoms with Crippen molar-refractivity contribution in [2.75, 3.05) is 5.73 Å². The molecule has 0 fully saturated rings. The minimum absolute atomic E-state index is 0.0431. The van der Waals surface area contributed by atoms with E-state index < -0.39 is 0 Å². The molecule has 2 aromatic rings. The maximum atomic E-state index is 12.1. The third-order valence-corrected chi connectivity index (χ3v) is 2.89. The average molecular weight is 247 g/mol. The minimum atomic E-state index is -0.0431. The predicted molar refractivity (Wildman–Crippen MR) is 68.3 cm³/mol. The van der Waals surface area contributed by atoms with Gasteiger partial charge in [-0.05, 0) is 19.4 Å². The highest BCUT2D eigenvalue weighted by molar-refractivity contribution is 6.00. The van der Waals surface area contributed by atoms with Crippen LogP contribution in [-0.2, 0) is 19.4 Å². The minimum Gasteiger partial charge on any atom is -0.383 e. The maximum Gasteiger partial charge on any atom is 0.174 e. The number of aromatic nitrogens is 4. The van der Waals surface area contributed by atoms with E-state index in [1.54, 1.807) is 0 Å². The van der Waals surface area contributed by atoms with Crippen LogP contribution in [0.3, 0.4) is 0 Å². The van der Waals surface area contributed by atoms with E-state index in [2.05, 4.69) is 15.3 Å². The van der Waals surface area contributed by atoms with Crippen molar-refractivity contribution >= 4 is 11.6 Å². The predicted octanol–water partition coefficient (Wildman–Crippen LogP) is 1.20. The number of rotatable bonds is 5. The van der Waals surface area contributed by atoms with E-state index in [0.29, 0.717) is 17.8 Å². The van der Waals surface area contributed by atoms with Gasteiger partial charge in [0.2, 0.25) is 0 Å². The zero-order valence-electron chi connectivity index (χ0n) is 10.6. The monoisotopic (exact) mass is 247 g/mol. The summed E-state index contributed by atoms with van der Waals surface area (Å²) >= 11 is 0. The summed E-state index contributed by atoms with van der Waals surface area (Å²) in [5.41, 5.74) is 7.99. The Morgan fingerprint density at radius 1 is 1.50 bits per heavy atom. The molecule has 3 N–H and O–H groups in total. The number of aryl methyl sites for hydroxylation is 2. The lowest BCUT2D eigenvalue weighted by Gasteiger charge is -2.03. The number of nitrogen functional groups attached to an aromatic ring is 1. The van der Waals surface area contributed by atoms with Crippen LogP contribution < -0.4 is 5.73 Å². The van der Waals surface area contributed by atoms with Crippen LogP contribution >= 0.6 is 0 Å². The average Bonchev–Trinajstić information content (AvgIpc) is 2.95. The number of H-pyrrole nitrogens is 1. The number of Topliss-reactive ketones (excluding diaryl/α,β-unsaturated/α-hetero) is 1. The van der Waals surface area contributed by atoms with Crippen molar-refractivity contribution in [1.82, 2.24) is 20.0 Å². The summed E-state index contributed by atoms with van der Waals surface area (Å²) in [6.45, 7) is 4.80. The van der Waals surface area contributed by atoms with Crippen molar-refractivity contribution in [3.8, 4) is 0 Å². The number of anilines is 1. The van der Waals surface area contributed by atoms with Crippen LogP contribution in [0, 0.1) is 0 Å². The number of nitrogens with zero attached hydrogens (tertiary/aromatic N) is 3. The Morgan fingerprint density at radius 2 is 2.28 bits per heavy atom. The van der Waals surface area contributed by atoms with Crippen LogP contribution in [0.5, 0.6) is 0 Å². The highest BCUT2D eigenvalue weighted by Gasteiger charge is 2.15. The van der Waals surface area contributed by atoms with Crippen LogP contribution in [0.4, 0.5) is 5.82 Å². The highest BCUT2D eigenvalue weighted by Crippen LogP contribution is 2.13. The lowest BCUT2D eigenvalue weighted by atomic mass is 10.1. The molecular weight excluding hydrogens is 230 g/mol. The molecule has 96 valence electrons. The number of hydrogen-bond acceptors (Lipinski definition) is 4. The third kappa shape index (κ3) is 2.27. The van der Waals surface area contributed by atoms with Gasteiger partial charge < -0.3 is 5.73 Å². The SMILES string of the molecule is CCc1cc(CC(=O)c2cn[nH]c2N)n(CC)n1. The van der Waals surface area contributed by atoms with Crippen LogP contribution in [-0.4, -0.2) is 25.8 Å².